The van der Waals surface area contributed by atoms with Crippen molar-refractivity contribution < 1.29 is 9.59 Å². The average molecular weight is 338 g/mol. The van der Waals surface area contributed by atoms with Crippen molar-refractivity contribution in [3.63, 3.8) is 0 Å². The minimum absolute atomic E-state index is 0.145. The van der Waals surface area contributed by atoms with Gasteiger partial charge in [0.1, 0.15) is 0 Å². The van der Waals surface area contributed by atoms with E-state index in [2.05, 4.69) is 23.3 Å². The van der Waals surface area contributed by atoms with Gasteiger partial charge in [-0.3, -0.25) is 14.3 Å². The molecule has 6 heteroatoms. The lowest BCUT2D eigenvalue weighted by atomic mass is 9.96. The molecule has 1 aromatic carbocycles. The summed E-state index contributed by atoms with van der Waals surface area (Å²) in [5.74, 6) is -0.0860. The number of hydrogen-bond acceptors (Lipinski definition) is 3. The van der Waals surface area contributed by atoms with Gasteiger partial charge in [-0.2, -0.15) is 5.10 Å². The van der Waals surface area contributed by atoms with Gasteiger partial charge in [0.2, 0.25) is 5.91 Å². The maximum Gasteiger partial charge on any atom is 0.269 e. The molecule has 1 aromatic heterocycles. The summed E-state index contributed by atoms with van der Waals surface area (Å²) in [6, 6.07) is 8.40. The van der Waals surface area contributed by atoms with Crippen LogP contribution in [-0.2, 0) is 31.2 Å². The Morgan fingerprint density at radius 3 is 2.88 bits per heavy atom. The molecule has 130 valence electrons. The molecule has 0 saturated heterocycles. The highest BCUT2D eigenvalue weighted by Gasteiger charge is 2.31. The first kappa shape index (κ1) is 15.9. The Labute approximate surface area is 146 Å². The van der Waals surface area contributed by atoms with E-state index in [1.54, 1.807) is 4.68 Å². The number of amides is 2. The number of primary amides is 1. The Kier molecular flexibility index (Phi) is 3.82. The Balaban J connectivity index is 1.51. The molecule has 0 radical (unpaired) electrons. The van der Waals surface area contributed by atoms with Gasteiger partial charge in [0.05, 0.1) is 0 Å². The highest BCUT2D eigenvalue weighted by atomic mass is 16.2. The molecule has 2 heterocycles. The first-order chi connectivity index (χ1) is 12.0. The predicted molar refractivity (Wildman–Crippen MR) is 93.0 cm³/mol. The molecule has 1 aliphatic carbocycles. The maximum absolute atomic E-state index is 12.8. The van der Waals surface area contributed by atoms with Crippen LogP contribution in [0.4, 0.5) is 0 Å². The van der Waals surface area contributed by atoms with Crippen LogP contribution >= 0.6 is 0 Å². The summed E-state index contributed by atoms with van der Waals surface area (Å²) < 4.78 is 1.71. The number of benzene rings is 1. The quantitative estimate of drug-likeness (QED) is 0.921. The van der Waals surface area contributed by atoms with Crippen molar-refractivity contribution >= 4 is 11.8 Å². The van der Waals surface area contributed by atoms with Crippen LogP contribution in [0.25, 0.3) is 0 Å². The molecule has 0 fully saturated rings. The van der Waals surface area contributed by atoms with E-state index in [1.807, 2.05) is 18.0 Å². The third kappa shape index (κ3) is 2.71. The van der Waals surface area contributed by atoms with Crippen LogP contribution < -0.4 is 5.73 Å². The molecule has 0 spiro atoms. The Morgan fingerprint density at radius 1 is 1.28 bits per heavy atom. The fraction of sp³-hybridized carbons (Fsp3) is 0.421. The molecule has 2 amide bonds. The third-order valence-corrected chi connectivity index (χ3v) is 5.51. The van der Waals surface area contributed by atoms with Gasteiger partial charge in [0.15, 0.2) is 5.69 Å². The topological polar surface area (TPSA) is 81.2 Å². The van der Waals surface area contributed by atoms with Crippen LogP contribution in [0, 0.1) is 0 Å². The van der Waals surface area contributed by atoms with Gasteiger partial charge in [-0.1, -0.05) is 24.3 Å². The number of aryl methyl sites for hydroxylation is 2. The van der Waals surface area contributed by atoms with Crippen molar-refractivity contribution in [3.05, 3.63) is 52.3 Å². The number of rotatable bonds is 3. The lowest BCUT2D eigenvalue weighted by molar-refractivity contribution is -0.132. The van der Waals surface area contributed by atoms with E-state index in [0.717, 1.165) is 24.1 Å². The van der Waals surface area contributed by atoms with Crippen LogP contribution in [0.15, 0.2) is 24.3 Å². The van der Waals surface area contributed by atoms with Gasteiger partial charge in [-0.05, 0) is 29.9 Å². The fourth-order valence-corrected chi connectivity index (χ4v) is 4.20. The number of fused-ring (bicyclic) bond motifs is 2. The summed E-state index contributed by atoms with van der Waals surface area (Å²) in [4.78, 5) is 26.3. The second-order valence-electron chi connectivity index (χ2n) is 6.97. The van der Waals surface area contributed by atoms with E-state index in [9.17, 15) is 9.59 Å². The van der Waals surface area contributed by atoms with Crippen molar-refractivity contribution in [1.29, 1.82) is 0 Å². The van der Waals surface area contributed by atoms with Crippen molar-refractivity contribution in [2.75, 3.05) is 6.54 Å². The molecular formula is C19H22N4O2. The maximum atomic E-state index is 12.8. The number of aromatic nitrogens is 2. The summed E-state index contributed by atoms with van der Waals surface area (Å²) in [5.41, 5.74) is 10.2. The highest BCUT2D eigenvalue weighted by Crippen LogP contribution is 2.36. The monoisotopic (exact) mass is 338 g/mol. The first-order valence-electron chi connectivity index (χ1n) is 8.74. The van der Waals surface area contributed by atoms with Crippen molar-refractivity contribution in [1.82, 2.24) is 14.7 Å². The summed E-state index contributed by atoms with van der Waals surface area (Å²) in [6.45, 7) is 1.09. The van der Waals surface area contributed by atoms with Crippen molar-refractivity contribution in [2.24, 2.45) is 12.8 Å². The number of nitrogens with two attached hydrogens (primary N) is 1. The molecule has 25 heavy (non-hydrogen) atoms. The van der Waals surface area contributed by atoms with E-state index in [-0.39, 0.29) is 5.91 Å². The molecule has 0 bridgehead atoms. The SMILES string of the molecule is Cn1nc(C(N)=O)c2c1CCN(C(=O)C[C@@H]1CCc3ccccc31)C2. The largest absolute Gasteiger partial charge is 0.364 e. The number of carbonyl (C=O) groups excluding carboxylic acids is 2. The van der Waals surface area contributed by atoms with Crippen LogP contribution in [0.3, 0.4) is 0 Å². The van der Waals surface area contributed by atoms with Crippen molar-refractivity contribution in [2.45, 2.75) is 38.1 Å². The van der Waals surface area contributed by atoms with E-state index >= 15 is 0 Å². The molecule has 6 nitrogen and oxygen atoms in total. The molecule has 0 saturated carbocycles. The number of carbonyl (C=O) groups is 2. The van der Waals surface area contributed by atoms with Crippen LogP contribution in [0.1, 0.15) is 51.6 Å². The second kappa shape index (κ2) is 6.02. The van der Waals surface area contributed by atoms with E-state index in [0.29, 0.717) is 37.5 Å². The first-order valence-corrected chi connectivity index (χ1v) is 8.74. The average Bonchev–Trinajstić information content (AvgIpc) is 3.16. The van der Waals surface area contributed by atoms with Gasteiger partial charge in [-0.15, -0.1) is 0 Å². The standard InChI is InChI=1S/C19H22N4O2/c1-22-16-8-9-23(11-15(16)18(21-22)19(20)25)17(24)10-13-7-6-12-4-2-3-5-14(12)13/h2-5,13H,6-11H2,1H3,(H2,20,25)/t13-/m0/s1. The van der Waals surface area contributed by atoms with Gasteiger partial charge in [0.25, 0.3) is 5.91 Å². The Hall–Kier alpha value is -2.63. The van der Waals surface area contributed by atoms with E-state index in [4.69, 9.17) is 5.73 Å². The Bertz CT molecular complexity index is 855. The zero-order valence-electron chi connectivity index (χ0n) is 14.4. The van der Waals surface area contributed by atoms with Gasteiger partial charge in [-0.25, -0.2) is 0 Å². The van der Waals surface area contributed by atoms with Gasteiger partial charge < -0.3 is 10.6 Å². The molecule has 1 atom stereocenters. The molecule has 2 aliphatic rings. The minimum atomic E-state index is -0.532. The van der Waals surface area contributed by atoms with Gasteiger partial charge in [0, 0.05) is 44.2 Å². The number of nitrogens with zero attached hydrogens (tertiary/aromatic N) is 3. The lowest BCUT2D eigenvalue weighted by Crippen LogP contribution is -2.37. The van der Waals surface area contributed by atoms with E-state index < -0.39 is 5.91 Å². The summed E-state index contributed by atoms with van der Waals surface area (Å²) in [5, 5.41) is 4.22. The smallest absolute Gasteiger partial charge is 0.269 e. The fourth-order valence-electron chi connectivity index (χ4n) is 4.20. The normalized spacial score (nSPS) is 18.8. The van der Waals surface area contributed by atoms with Crippen LogP contribution in [0.5, 0.6) is 0 Å². The second-order valence-corrected chi connectivity index (χ2v) is 6.97. The van der Waals surface area contributed by atoms with Crippen molar-refractivity contribution in [3.8, 4) is 0 Å². The molecule has 2 aromatic rings. The lowest BCUT2D eigenvalue weighted by Gasteiger charge is -2.28. The number of hydrogen-bond donors (Lipinski definition) is 1. The summed E-state index contributed by atoms with van der Waals surface area (Å²) in [6.07, 6.45) is 3.31. The van der Waals surface area contributed by atoms with Gasteiger partial charge >= 0.3 is 0 Å². The minimum Gasteiger partial charge on any atom is -0.364 e. The zero-order chi connectivity index (χ0) is 17.6. The summed E-state index contributed by atoms with van der Waals surface area (Å²) in [7, 11) is 1.82. The molecule has 0 unspecified atom stereocenters. The van der Waals surface area contributed by atoms with E-state index in [1.165, 1.54) is 11.1 Å². The molecule has 1 aliphatic heterocycles. The van der Waals surface area contributed by atoms with Crippen LogP contribution in [-0.4, -0.2) is 33.0 Å². The third-order valence-electron chi connectivity index (χ3n) is 5.51. The molecular weight excluding hydrogens is 316 g/mol. The summed E-state index contributed by atoms with van der Waals surface area (Å²) >= 11 is 0. The highest BCUT2D eigenvalue weighted by molar-refractivity contribution is 5.92. The predicted octanol–water partition coefficient (Wildman–Crippen LogP) is 1.52. The van der Waals surface area contributed by atoms with Crippen LogP contribution in [0.2, 0.25) is 0 Å². The zero-order valence-corrected chi connectivity index (χ0v) is 14.4. The Morgan fingerprint density at radius 2 is 2.08 bits per heavy atom. The molecule has 4 rings (SSSR count). The molecule has 2 N–H and O–H groups in total.